The molecule has 0 saturated carbocycles. The van der Waals surface area contributed by atoms with Crippen molar-refractivity contribution in [3.63, 3.8) is 0 Å². The molecular weight excluding hydrogens is 963 g/mol. The molecule has 22 nitrogen and oxygen atoms in total. The second kappa shape index (κ2) is 47.3. The molecule has 60 heavy (non-hydrogen) atoms. The number of carbonyl (C=O) groups is 14. The quantitative estimate of drug-likeness (QED) is 0.0269. The second-order valence-electron chi connectivity index (χ2n) is 10.0. The predicted octanol–water partition coefficient (Wildman–Crippen LogP) is -6.86. The molecule has 0 aliphatic carbocycles. The SMILES string of the molecule is COC(=O)C(C(=O)O)C(=O)CCC(=O)C(C(=O)O)C(=O)OC.COC(=O)CC(=O)CCC(=O)CC(=O)OC.COC(=O)CC(=O)[O-].C[CH-]C.O=C(Cl)CCC(=O)Cl.[Br-].[K+].[Mg+2]. The monoisotopic (exact) mass is 1000 g/mol. The number of ketones is 4. The first-order valence-electron chi connectivity index (χ1n) is 15.6. The standard InChI is InChI=1S/C12H14O10.C10H14O6.C4H4Cl2O2.C4H6O4.C3H7.BrH.K.Mg/c1-21-11(19)7(9(15)16)5(13)3-4-6(14)8(10(17)18)12(20)22-2;1-15-9(13)5-7(11)3-4-8(12)6-10(14)16-2;5-3(7)1-2-4(6)8;1-8-4(7)2-3(5)6;1-3-2;;;/h7-8H,3-4H2,1-2H3,(H,15,16)(H,17,18);3-6H2,1-2H3;1-2H2;2H2,1H3,(H,5,6);3H,1-2H3;1H;;/q;;;;-1;;+1;+2/p-2. The van der Waals surface area contributed by atoms with Gasteiger partial charge in [0.1, 0.15) is 24.4 Å². The summed E-state index contributed by atoms with van der Waals surface area (Å²) in [6.07, 6.45) is -0.887. The van der Waals surface area contributed by atoms with Crippen molar-refractivity contribution >= 4 is 128 Å². The molecule has 0 rings (SSSR count). The maximum absolute atomic E-state index is 11.6. The summed E-state index contributed by atoms with van der Waals surface area (Å²) in [5.41, 5.74) is 0. The van der Waals surface area contributed by atoms with Gasteiger partial charge in [-0.2, -0.15) is 13.8 Å². The molecule has 2 atom stereocenters. The number of carbonyl (C=O) groups excluding carboxylic acids is 12. The van der Waals surface area contributed by atoms with Crippen molar-refractivity contribution in [2.24, 2.45) is 11.8 Å². The van der Waals surface area contributed by atoms with Crippen molar-refractivity contribution in [1.29, 1.82) is 0 Å². The summed E-state index contributed by atoms with van der Waals surface area (Å²) >= 11 is 9.74. The first-order valence-corrected chi connectivity index (χ1v) is 16.3. The van der Waals surface area contributed by atoms with Crippen molar-refractivity contribution in [3.05, 3.63) is 6.42 Å². The summed E-state index contributed by atoms with van der Waals surface area (Å²) in [5.74, 6) is -16.9. The van der Waals surface area contributed by atoms with Gasteiger partial charge in [-0.25, -0.2) is 0 Å². The summed E-state index contributed by atoms with van der Waals surface area (Å²) in [5, 5.41) is 26.0. The van der Waals surface area contributed by atoms with E-state index in [1.165, 1.54) is 14.2 Å². The van der Waals surface area contributed by atoms with Crippen molar-refractivity contribution in [2.75, 3.05) is 35.5 Å². The fourth-order valence-electron chi connectivity index (χ4n) is 2.82. The van der Waals surface area contributed by atoms with Crippen LogP contribution in [0.15, 0.2) is 0 Å². The maximum atomic E-state index is 11.6. The molecule has 0 aromatic carbocycles. The van der Waals surface area contributed by atoms with Gasteiger partial charge in [0.05, 0.1) is 47.9 Å². The Balaban J connectivity index is -0.000000104. The summed E-state index contributed by atoms with van der Waals surface area (Å²) < 4.78 is 20.9. The van der Waals surface area contributed by atoms with Gasteiger partial charge in [0.25, 0.3) is 0 Å². The Kier molecular flexibility index (Phi) is 58.9. The van der Waals surface area contributed by atoms with Gasteiger partial charge in [-0.1, -0.05) is 0 Å². The van der Waals surface area contributed by atoms with E-state index in [0.717, 1.165) is 21.3 Å². The van der Waals surface area contributed by atoms with Gasteiger partial charge < -0.3 is 67.2 Å². The van der Waals surface area contributed by atoms with Crippen molar-refractivity contribution in [2.45, 2.75) is 71.6 Å². The van der Waals surface area contributed by atoms with E-state index >= 15 is 0 Å². The number of ether oxygens (including phenoxy) is 5. The molecule has 0 radical (unpaired) electrons. The molecule has 0 aromatic rings. The van der Waals surface area contributed by atoms with Gasteiger partial charge in [0.2, 0.25) is 22.3 Å². The van der Waals surface area contributed by atoms with Gasteiger partial charge >= 0.3 is 116 Å². The molecule has 0 amide bonds. The van der Waals surface area contributed by atoms with Gasteiger partial charge in [0, 0.05) is 38.5 Å². The van der Waals surface area contributed by atoms with E-state index in [4.69, 9.17) is 33.4 Å². The van der Waals surface area contributed by atoms with Crippen LogP contribution in [0.3, 0.4) is 0 Å². The predicted molar refractivity (Wildman–Crippen MR) is 192 cm³/mol. The first kappa shape index (κ1) is 74.7. The minimum atomic E-state index is -2.11. The Labute approximate surface area is 423 Å². The zero-order valence-corrected chi connectivity index (χ0v) is 41.6. The van der Waals surface area contributed by atoms with Crippen LogP contribution in [0.25, 0.3) is 0 Å². The first-order chi connectivity index (χ1) is 26.4. The fraction of sp³-hybridized carbons (Fsp3) is 0.545. The summed E-state index contributed by atoms with van der Waals surface area (Å²) in [4.78, 5) is 150. The number of halogens is 3. The third-order valence-corrected chi connectivity index (χ3v) is 5.86. The molecule has 0 aliphatic rings. The largest absolute Gasteiger partial charge is 2.00 e. The number of rotatable bonds is 21. The Morgan fingerprint density at radius 2 is 0.767 bits per heavy atom. The zero-order chi connectivity index (χ0) is 45.8. The molecular formula is C33H44BrCl2KMgO22. The number of methoxy groups -OCH3 is 5. The Morgan fingerprint density at radius 3 is 0.933 bits per heavy atom. The molecule has 0 fully saturated rings. The average molecular weight is 1010 g/mol. The molecule has 332 valence electrons. The number of carboxylic acids is 3. The van der Waals surface area contributed by atoms with Gasteiger partial charge in [-0.15, -0.1) is 0 Å². The number of hydrogen-bond donors (Lipinski definition) is 2. The number of hydrogen-bond acceptors (Lipinski definition) is 20. The van der Waals surface area contributed by atoms with Crippen molar-refractivity contribution in [3.8, 4) is 0 Å². The van der Waals surface area contributed by atoms with Gasteiger partial charge in [-0.3, -0.25) is 62.3 Å². The second-order valence-corrected chi connectivity index (χ2v) is 10.9. The average Bonchev–Trinajstić information content (AvgIpc) is 3.12. The van der Waals surface area contributed by atoms with E-state index in [0.29, 0.717) is 0 Å². The summed E-state index contributed by atoms with van der Waals surface area (Å²) in [6.45, 7) is 4.00. The zero-order valence-electron chi connectivity index (χ0n) is 34.0. The van der Waals surface area contributed by atoms with E-state index in [-0.39, 0.29) is 142 Å². The summed E-state index contributed by atoms with van der Waals surface area (Å²) in [7, 11) is 5.24. The maximum Gasteiger partial charge on any atom is 2.00 e. The topological polar surface area (TPSA) is 349 Å². The van der Waals surface area contributed by atoms with Crippen LogP contribution in [0.1, 0.15) is 71.6 Å². The molecule has 2 N–H and O–H groups in total. The number of aliphatic carboxylic acids is 3. The number of Topliss-reactive ketones (excluding diaryl/α,β-unsaturated/α-hetero) is 4. The van der Waals surface area contributed by atoms with Crippen molar-refractivity contribution in [1.82, 2.24) is 0 Å². The van der Waals surface area contributed by atoms with E-state index < -0.39 is 101 Å². The Morgan fingerprint density at radius 1 is 0.517 bits per heavy atom. The van der Waals surface area contributed by atoms with Gasteiger partial charge in [0.15, 0.2) is 11.6 Å². The fourth-order valence-corrected chi connectivity index (χ4v) is 3.01. The molecule has 27 heteroatoms. The van der Waals surface area contributed by atoms with Gasteiger partial charge in [-0.05, 0) is 23.2 Å². The number of esters is 5. The minimum absolute atomic E-state index is 0. The van der Waals surface area contributed by atoms with Crippen molar-refractivity contribution < 1.29 is 174 Å². The third-order valence-electron chi connectivity index (χ3n) is 5.48. The molecule has 0 bridgehead atoms. The van der Waals surface area contributed by atoms with E-state index in [1.54, 1.807) is 0 Å². The molecule has 2 unspecified atom stereocenters. The van der Waals surface area contributed by atoms with E-state index in [9.17, 15) is 72.2 Å². The van der Waals surface area contributed by atoms with Crippen LogP contribution in [0.5, 0.6) is 0 Å². The van der Waals surface area contributed by atoms with Crippen LogP contribution in [0.2, 0.25) is 0 Å². The smallest absolute Gasteiger partial charge is 1.00 e. The summed E-state index contributed by atoms with van der Waals surface area (Å²) in [6, 6.07) is 0. The Bertz CT molecular complexity index is 1350. The minimum Gasteiger partial charge on any atom is -1.00 e. The number of carboxylic acid groups (broad SMARTS) is 3. The van der Waals surface area contributed by atoms with Crippen LogP contribution in [-0.2, 0) is 90.8 Å². The molecule has 0 aromatic heterocycles. The Hall–Kier alpha value is -2.76. The van der Waals surface area contributed by atoms with Crippen LogP contribution in [0, 0.1) is 18.3 Å². The molecule has 0 aliphatic heterocycles. The van der Waals surface area contributed by atoms with E-state index in [1.807, 2.05) is 20.3 Å². The van der Waals surface area contributed by atoms with E-state index in [2.05, 4.69) is 23.7 Å². The van der Waals surface area contributed by atoms with Crippen LogP contribution in [0.4, 0.5) is 0 Å². The molecule has 0 heterocycles. The third kappa shape index (κ3) is 47.9. The molecule has 0 saturated heterocycles. The molecule has 0 spiro atoms. The van der Waals surface area contributed by atoms with Crippen LogP contribution in [-0.4, -0.2) is 150 Å². The normalized spacial score (nSPS) is 9.68. The van der Waals surface area contributed by atoms with Crippen LogP contribution >= 0.6 is 23.2 Å². The van der Waals surface area contributed by atoms with Crippen LogP contribution < -0.4 is 73.5 Å².